The summed E-state index contributed by atoms with van der Waals surface area (Å²) in [6.07, 6.45) is 3.66. The van der Waals surface area contributed by atoms with Crippen molar-refractivity contribution in [2.75, 3.05) is 5.73 Å². The third-order valence-corrected chi connectivity index (χ3v) is 2.09. The van der Waals surface area contributed by atoms with Gasteiger partial charge in [0.1, 0.15) is 5.65 Å². The number of nitrogen functional groups attached to an aromatic ring is 1. The molecular formula is C8H9N3S. The zero-order valence-electron chi connectivity index (χ0n) is 6.44. The van der Waals surface area contributed by atoms with Gasteiger partial charge in [0.15, 0.2) is 0 Å². The normalized spacial score (nSPS) is 10.8. The van der Waals surface area contributed by atoms with Crippen LogP contribution < -0.4 is 5.73 Å². The zero-order chi connectivity index (χ0) is 8.55. The van der Waals surface area contributed by atoms with Gasteiger partial charge in [0.25, 0.3) is 0 Å². The second-order valence-corrected chi connectivity index (χ2v) is 2.91. The van der Waals surface area contributed by atoms with Crippen LogP contribution in [0.5, 0.6) is 0 Å². The quantitative estimate of drug-likeness (QED) is 0.649. The van der Waals surface area contributed by atoms with Gasteiger partial charge < -0.3 is 10.1 Å². The van der Waals surface area contributed by atoms with Gasteiger partial charge in [-0.25, -0.2) is 4.98 Å². The monoisotopic (exact) mass is 179 g/mol. The highest BCUT2D eigenvalue weighted by atomic mass is 32.1. The summed E-state index contributed by atoms with van der Waals surface area (Å²) in [4.78, 5) is 4.19. The van der Waals surface area contributed by atoms with Gasteiger partial charge in [-0.2, -0.15) is 12.6 Å². The Bertz CT molecular complexity index is 408. The number of pyridine rings is 1. The third kappa shape index (κ3) is 1.04. The van der Waals surface area contributed by atoms with Crippen LogP contribution in [0.15, 0.2) is 24.5 Å². The van der Waals surface area contributed by atoms with Crippen molar-refractivity contribution < 1.29 is 0 Å². The van der Waals surface area contributed by atoms with Crippen molar-refractivity contribution in [2.24, 2.45) is 0 Å². The second-order valence-electron chi connectivity index (χ2n) is 2.60. The fourth-order valence-electron chi connectivity index (χ4n) is 1.16. The van der Waals surface area contributed by atoms with E-state index in [1.54, 1.807) is 0 Å². The Kier molecular flexibility index (Phi) is 1.69. The molecular weight excluding hydrogens is 170 g/mol. The number of imidazole rings is 1. The topological polar surface area (TPSA) is 43.3 Å². The fourth-order valence-corrected chi connectivity index (χ4v) is 1.40. The van der Waals surface area contributed by atoms with E-state index >= 15 is 0 Å². The molecule has 0 aliphatic rings. The molecule has 0 saturated carbocycles. The van der Waals surface area contributed by atoms with Gasteiger partial charge in [0.05, 0.1) is 11.9 Å². The van der Waals surface area contributed by atoms with Crippen molar-refractivity contribution in [2.45, 2.75) is 5.75 Å². The smallest absolute Gasteiger partial charge is 0.137 e. The van der Waals surface area contributed by atoms with Gasteiger partial charge in [-0.3, -0.25) is 0 Å². The van der Waals surface area contributed by atoms with Gasteiger partial charge in [-0.1, -0.05) is 0 Å². The Balaban J connectivity index is 2.75. The molecule has 0 aliphatic carbocycles. The van der Waals surface area contributed by atoms with Crippen LogP contribution in [0.1, 0.15) is 5.69 Å². The van der Waals surface area contributed by atoms with Crippen molar-refractivity contribution >= 4 is 24.0 Å². The molecule has 0 unspecified atom stereocenters. The Morgan fingerprint density at radius 2 is 2.33 bits per heavy atom. The minimum Gasteiger partial charge on any atom is -0.398 e. The maximum absolute atomic E-state index is 5.63. The SMILES string of the molecule is Nc1ccc2ncc(CS)n2c1. The van der Waals surface area contributed by atoms with E-state index in [9.17, 15) is 0 Å². The van der Waals surface area contributed by atoms with Crippen LogP contribution in [0.4, 0.5) is 5.69 Å². The van der Waals surface area contributed by atoms with Crippen LogP contribution in [0.2, 0.25) is 0 Å². The molecule has 0 amide bonds. The van der Waals surface area contributed by atoms with Gasteiger partial charge in [0, 0.05) is 17.6 Å². The Hall–Kier alpha value is -1.16. The maximum Gasteiger partial charge on any atom is 0.137 e. The molecule has 2 heterocycles. The number of hydrogen-bond donors (Lipinski definition) is 2. The molecule has 0 bridgehead atoms. The van der Waals surface area contributed by atoms with Crippen molar-refractivity contribution in [3.05, 3.63) is 30.2 Å². The van der Waals surface area contributed by atoms with Crippen LogP contribution in [-0.4, -0.2) is 9.38 Å². The Labute approximate surface area is 75.6 Å². The minimum atomic E-state index is 0.671. The number of fused-ring (bicyclic) bond motifs is 1. The average Bonchev–Trinajstić information content (AvgIpc) is 2.46. The predicted octanol–water partition coefficient (Wildman–Crippen LogP) is 1.35. The van der Waals surface area contributed by atoms with Gasteiger partial charge in [-0.15, -0.1) is 0 Å². The van der Waals surface area contributed by atoms with Crippen molar-refractivity contribution in [1.29, 1.82) is 0 Å². The number of rotatable bonds is 1. The molecule has 0 saturated heterocycles. The van der Waals surface area contributed by atoms with Crippen LogP contribution in [0.25, 0.3) is 5.65 Å². The lowest BCUT2D eigenvalue weighted by Gasteiger charge is -1.98. The van der Waals surface area contributed by atoms with Gasteiger partial charge in [0.2, 0.25) is 0 Å². The lowest BCUT2D eigenvalue weighted by molar-refractivity contribution is 1.10. The first-order chi connectivity index (χ1) is 5.81. The molecule has 0 radical (unpaired) electrons. The molecule has 12 heavy (non-hydrogen) atoms. The number of nitrogens with two attached hydrogens (primary N) is 1. The van der Waals surface area contributed by atoms with Crippen LogP contribution in [0.3, 0.4) is 0 Å². The summed E-state index contributed by atoms with van der Waals surface area (Å²) in [5.74, 6) is 0.671. The molecule has 0 aliphatic heterocycles. The maximum atomic E-state index is 5.63. The molecule has 3 nitrogen and oxygen atoms in total. The van der Waals surface area contributed by atoms with Crippen molar-refractivity contribution in [3.63, 3.8) is 0 Å². The molecule has 0 atom stereocenters. The van der Waals surface area contributed by atoms with Crippen LogP contribution in [0, 0.1) is 0 Å². The lowest BCUT2D eigenvalue weighted by Crippen LogP contribution is -1.92. The summed E-state index contributed by atoms with van der Waals surface area (Å²) in [6, 6.07) is 3.73. The van der Waals surface area contributed by atoms with E-state index in [2.05, 4.69) is 17.6 Å². The zero-order valence-corrected chi connectivity index (χ0v) is 7.33. The molecule has 0 aromatic carbocycles. The molecule has 0 spiro atoms. The molecule has 0 fully saturated rings. The number of anilines is 1. The van der Waals surface area contributed by atoms with E-state index in [-0.39, 0.29) is 0 Å². The van der Waals surface area contributed by atoms with E-state index in [4.69, 9.17) is 5.73 Å². The number of thiol groups is 1. The summed E-state index contributed by atoms with van der Waals surface area (Å²) in [7, 11) is 0. The largest absolute Gasteiger partial charge is 0.398 e. The van der Waals surface area contributed by atoms with E-state index < -0.39 is 0 Å². The standard InChI is InChI=1S/C8H9N3S/c9-6-1-2-8-10-3-7(5-12)11(8)4-6/h1-4,12H,5,9H2. The molecule has 2 N–H and O–H groups in total. The summed E-state index contributed by atoms with van der Waals surface area (Å²) in [5.41, 5.74) is 8.34. The highest BCUT2D eigenvalue weighted by Gasteiger charge is 1.99. The average molecular weight is 179 g/mol. The Morgan fingerprint density at radius 1 is 1.50 bits per heavy atom. The summed E-state index contributed by atoms with van der Waals surface area (Å²) in [5, 5.41) is 0. The van der Waals surface area contributed by atoms with Gasteiger partial charge >= 0.3 is 0 Å². The van der Waals surface area contributed by atoms with Crippen LogP contribution in [-0.2, 0) is 5.75 Å². The predicted molar refractivity (Wildman–Crippen MR) is 52.3 cm³/mol. The van der Waals surface area contributed by atoms with Crippen molar-refractivity contribution in [1.82, 2.24) is 9.38 Å². The number of nitrogens with zero attached hydrogens (tertiary/aromatic N) is 2. The van der Waals surface area contributed by atoms with Crippen molar-refractivity contribution in [3.8, 4) is 0 Å². The summed E-state index contributed by atoms with van der Waals surface area (Å²) >= 11 is 4.18. The summed E-state index contributed by atoms with van der Waals surface area (Å²) < 4.78 is 1.95. The first-order valence-electron chi connectivity index (χ1n) is 3.63. The third-order valence-electron chi connectivity index (χ3n) is 1.77. The molecule has 2 aromatic rings. The highest BCUT2D eigenvalue weighted by molar-refractivity contribution is 7.79. The Morgan fingerprint density at radius 3 is 3.08 bits per heavy atom. The number of hydrogen-bond acceptors (Lipinski definition) is 3. The van der Waals surface area contributed by atoms with E-state index in [1.807, 2.05) is 28.9 Å². The lowest BCUT2D eigenvalue weighted by atomic mass is 10.4. The van der Waals surface area contributed by atoms with E-state index in [0.717, 1.165) is 17.0 Å². The first-order valence-corrected chi connectivity index (χ1v) is 4.27. The van der Waals surface area contributed by atoms with Gasteiger partial charge in [-0.05, 0) is 12.1 Å². The first kappa shape index (κ1) is 7.49. The molecule has 4 heteroatoms. The minimum absolute atomic E-state index is 0.671. The molecule has 2 aromatic heterocycles. The molecule has 2 rings (SSSR count). The second kappa shape index (κ2) is 2.71. The van der Waals surface area contributed by atoms with E-state index in [1.165, 1.54) is 0 Å². The molecule has 62 valence electrons. The van der Waals surface area contributed by atoms with E-state index in [0.29, 0.717) is 5.75 Å². The fraction of sp³-hybridized carbons (Fsp3) is 0.125. The number of aromatic nitrogens is 2. The summed E-state index contributed by atoms with van der Waals surface area (Å²) in [6.45, 7) is 0. The van der Waals surface area contributed by atoms with Crippen LogP contribution >= 0.6 is 12.6 Å². The highest BCUT2D eigenvalue weighted by Crippen LogP contribution is 2.11.